The van der Waals surface area contributed by atoms with Crippen LogP contribution in [0.1, 0.15) is 22.3 Å². The molecular weight excluding hydrogens is 299 g/mol. The predicted octanol–water partition coefficient (Wildman–Crippen LogP) is 5.82. The van der Waals surface area contributed by atoms with Crippen molar-refractivity contribution in [3.05, 3.63) is 95.1 Å². The second-order valence-corrected chi connectivity index (χ2v) is 6.34. The average molecular weight is 319 g/mol. The molecular formula is C23H20Na. The van der Waals surface area contributed by atoms with Crippen LogP contribution < -0.4 is 0 Å². The molecule has 0 aliphatic carbocycles. The molecule has 0 saturated carbocycles. The summed E-state index contributed by atoms with van der Waals surface area (Å²) >= 11 is 0. The second kappa shape index (κ2) is 7.11. The van der Waals surface area contributed by atoms with Crippen molar-refractivity contribution >= 4 is 51.1 Å². The van der Waals surface area contributed by atoms with Gasteiger partial charge in [-0.15, -0.1) is 0 Å². The van der Waals surface area contributed by atoms with E-state index < -0.39 is 0 Å². The van der Waals surface area contributed by atoms with Gasteiger partial charge in [0.2, 0.25) is 0 Å². The first-order valence-corrected chi connectivity index (χ1v) is 8.18. The Morgan fingerprint density at radius 2 is 0.958 bits per heavy atom. The van der Waals surface area contributed by atoms with E-state index in [4.69, 9.17) is 0 Å². The first-order valence-electron chi connectivity index (χ1n) is 8.18. The van der Waals surface area contributed by atoms with Gasteiger partial charge in [0.05, 0.1) is 0 Å². The summed E-state index contributed by atoms with van der Waals surface area (Å²) < 4.78 is 0. The Balaban J connectivity index is 0.00000169. The van der Waals surface area contributed by atoms with Crippen LogP contribution in [0.2, 0.25) is 0 Å². The minimum atomic E-state index is 0. The molecule has 4 aromatic carbocycles. The Hall–Kier alpha value is -1.60. The average Bonchev–Trinajstić information content (AvgIpc) is 2.59. The summed E-state index contributed by atoms with van der Waals surface area (Å²) in [6.45, 7) is 4.45. The maximum absolute atomic E-state index is 2.25. The van der Waals surface area contributed by atoms with Crippen molar-refractivity contribution in [2.24, 2.45) is 0 Å². The fourth-order valence-corrected chi connectivity index (χ4v) is 3.54. The van der Waals surface area contributed by atoms with Crippen molar-refractivity contribution in [1.82, 2.24) is 0 Å². The largest absolute Gasteiger partial charge is 0.0616 e. The van der Waals surface area contributed by atoms with Crippen molar-refractivity contribution in [2.75, 3.05) is 0 Å². The molecule has 0 atom stereocenters. The Morgan fingerprint density at radius 1 is 0.542 bits per heavy atom. The second-order valence-electron chi connectivity index (χ2n) is 6.34. The van der Waals surface area contributed by atoms with E-state index in [-0.39, 0.29) is 29.6 Å². The van der Waals surface area contributed by atoms with Crippen LogP contribution in [-0.4, -0.2) is 29.6 Å². The molecule has 0 N–H and O–H groups in total. The number of hydrogen-bond acceptors (Lipinski definition) is 0. The minimum Gasteiger partial charge on any atom is -0.0616 e. The standard InChI is InChI=1S/C23H20.Na/c1-16-11-13-18-7-3-5-9-20(18)22(16)15-23-17(2)12-14-19-8-4-6-10-21(19)23;/h3-14H,15H2,1-2H3;. The molecule has 113 valence electrons. The third-order valence-electron chi connectivity index (χ3n) is 4.90. The van der Waals surface area contributed by atoms with Crippen LogP contribution in [0.4, 0.5) is 0 Å². The van der Waals surface area contributed by atoms with Gasteiger partial charge in [0.1, 0.15) is 0 Å². The third-order valence-corrected chi connectivity index (χ3v) is 4.90. The molecule has 0 spiro atoms. The summed E-state index contributed by atoms with van der Waals surface area (Å²) in [5, 5.41) is 5.40. The zero-order valence-electron chi connectivity index (χ0n) is 14.6. The summed E-state index contributed by atoms with van der Waals surface area (Å²) in [6.07, 6.45) is 0.986. The van der Waals surface area contributed by atoms with E-state index in [1.165, 1.54) is 43.8 Å². The normalized spacial score (nSPS) is 10.8. The Morgan fingerprint density at radius 3 is 1.42 bits per heavy atom. The van der Waals surface area contributed by atoms with E-state index in [1.54, 1.807) is 0 Å². The minimum absolute atomic E-state index is 0. The summed E-state index contributed by atoms with van der Waals surface area (Å²) in [4.78, 5) is 0. The van der Waals surface area contributed by atoms with E-state index in [1.807, 2.05) is 0 Å². The molecule has 0 saturated heterocycles. The molecule has 4 aromatic rings. The van der Waals surface area contributed by atoms with Gasteiger partial charge in [-0.1, -0.05) is 72.8 Å². The number of rotatable bonds is 2. The smallest absolute Gasteiger partial charge is 0 e. The van der Waals surface area contributed by atoms with Gasteiger partial charge in [-0.25, -0.2) is 0 Å². The van der Waals surface area contributed by atoms with E-state index in [0.29, 0.717) is 0 Å². The van der Waals surface area contributed by atoms with Crippen molar-refractivity contribution in [3.8, 4) is 0 Å². The van der Waals surface area contributed by atoms with E-state index in [9.17, 15) is 0 Å². The van der Waals surface area contributed by atoms with Gasteiger partial charge in [-0.05, 0) is 64.1 Å². The number of fused-ring (bicyclic) bond motifs is 2. The Labute approximate surface area is 165 Å². The van der Waals surface area contributed by atoms with Gasteiger partial charge < -0.3 is 0 Å². The number of aryl methyl sites for hydroxylation is 2. The molecule has 0 amide bonds. The monoisotopic (exact) mass is 319 g/mol. The Bertz CT molecular complexity index is 932. The maximum atomic E-state index is 2.25. The third kappa shape index (κ3) is 3.02. The molecule has 0 aliphatic heterocycles. The number of benzene rings is 4. The van der Waals surface area contributed by atoms with E-state index in [0.717, 1.165) is 6.42 Å². The van der Waals surface area contributed by atoms with Crippen LogP contribution in [0.25, 0.3) is 21.5 Å². The van der Waals surface area contributed by atoms with Gasteiger partial charge in [-0.3, -0.25) is 0 Å². The van der Waals surface area contributed by atoms with Crippen molar-refractivity contribution in [2.45, 2.75) is 20.3 Å². The first-order chi connectivity index (χ1) is 11.2. The van der Waals surface area contributed by atoms with Crippen molar-refractivity contribution < 1.29 is 0 Å². The van der Waals surface area contributed by atoms with Crippen LogP contribution in [-0.2, 0) is 6.42 Å². The molecule has 0 bridgehead atoms. The van der Waals surface area contributed by atoms with Gasteiger partial charge >= 0.3 is 0 Å². The molecule has 0 aliphatic rings. The van der Waals surface area contributed by atoms with Crippen LogP contribution in [0.5, 0.6) is 0 Å². The summed E-state index contributed by atoms with van der Waals surface area (Å²) in [5.74, 6) is 0. The van der Waals surface area contributed by atoms with Crippen molar-refractivity contribution in [3.63, 3.8) is 0 Å². The van der Waals surface area contributed by atoms with Crippen LogP contribution in [0.3, 0.4) is 0 Å². The van der Waals surface area contributed by atoms with Crippen LogP contribution >= 0.6 is 0 Å². The Kier molecular flexibility index (Phi) is 5.10. The topological polar surface area (TPSA) is 0 Å². The quantitative estimate of drug-likeness (QED) is 0.408. The predicted molar refractivity (Wildman–Crippen MR) is 106 cm³/mol. The fraction of sp³-hybridized carbons (Fsp3) is 0.130. The van der Waals surface area contributed by atoms with Gasteiger partial charge in [0.15, 0.2) is 0 Å². The molecule has 0 aromatic heterocycles. The van der Waals surface area contributed by atoms with Gasteiger partial charge in [-0.2, -0.15) is 0 Å². The summed E-state index contributed by atoms with van der Waals surface area (Å²) in [7, 11) is 0. The molecule has 1 radical (unpaired) electrons. The van der Waals surface area contributed by atoms with Gasteiger partial charge in [0.25, 0.3) is 0 Å². The molecule has 0 fully saturated rings. The zero-order valence-corrected chi connectivity index (χ0v) is 16.6. The SMILES string of the molecule is Cc1ccc2ccccc2c1Cc1c(C)ccc2ccccc12.[Na]. The molecule has 0 nitrogen and oxygen atoms in total. The molecule has 1 heteroatoms. The molecule has 0 unspecified atom stereocenters. The summed E-state index contributed by atoms with van der Waals surface area (Å²) in [5.41, 5.74) is 5.64. The van der Waals surface area contributed by atoms with Gasteiger partial charge in [0, 0.05) is 29.6 Å². The fourth-order valence-electron chi connectivity index (χ4n) is 3.54. The zero-order chi connectivity index (χ0) is 15.8. The number of hydrogen-bond donors (Lipinski definition) is 0. The molecule has 0 heterocycles. The molecule has 4 rings (SSSR count). The first kappa shape index (κ1) is 17.2. The maximum Gasteiger partial charge on any atom is 0 e. The van der Waals surface area contributed by atoms with Crippen molar-refractivity contribution in [1.29, 1.82) is 0 Å². The molecule has 24 heavy (non-hydrogen) atoms. The van der Waals surface area contributed by atoms with Crippen LogP contribution in [0.15, 0.2) is 72.8 Å². The van der Waals surface area contributed by atoms with Crippen LogP contribution in [0, 0.1) is 13.8 Å². The summed E-state index contributed by atoms with van der Waals surface area (Å²) in [6, 6.07) is 26.4. The van der Waals surface area contributed by atoms with E-state index >= 15 is 0 Å². The van der Waals surface area contributed by atoms with E-state index in [2.05, 4.69) is 86.6 Å².